The number of anilines is 1. The molecule has 0 atom stereocenters. The zero-order valence-corrected chi connectivity index (χ0v) is 11.8. The van der Waals surface area contributed by atoms with Gasteiger partial charge >= 0.3 is 0 Å². The van der Waals surface area contributed by atoms with Crippen molar-refractivity contribution >= 4 is 11.6 Å². The Morgan fingerprint density at radius 1 is 1.20 bits per heavy atom. The Balaban J connectivity index is 2.06. The zero-order chi connectivity index (χ0) is 14.2. The highest BCUT2D eigenvalue weighted by Gasteiger charge is 2.20. The fourth-order valence-electron chi connectivity index (χ4n) is 2.62. The van der Waals surface area contributed by atoms with Gasteiger partial charge in [0.05, 0.1) is 12.2 Å². The lowest BCUT2D eigenvalue weighted by atomic mass is 9.99. The van der Waals surface area contributed by atoms with E-state index in [0.717, 1.165) is 36.9 Å². The van der Waals surface area contributed by atoms with E-state index in [1.54, 1.807) is 0 Å². The van der Waals surface area contributed by atoms with Gasteiger partial charge in [0.2, 0.25) is 5.91 Å². The summed E-state index contributed by atoms with van der Waals surface area (Å²) in [6.07, 6.45) is 6.83. The fourth-order valence-corrected chi connectivity index (χ4v) is 2.62. The number of nitrogens with one attached hydrogen (secondary N) is 1. The Morgan fingerprint density at radius 2 is 1.90 bits per heavy atom. The van der Waals surface area contributed by atoms with E-state index in [4.69, 9.17) is 5.73 Å². The van der Waals surface area contributed by atoms with Crippen molar-refractivity contribution in [3.05, 3.63) is 29.8 Å². The molecule has 2 rings (SSSR count). The number of benzene rings is 1. The van der Waals surface area contributed by atoms with Crippen molar-refractivity contribution in [1.82, 2.24) is 0 Å². The second-order valence-electron chi connectivity index (χ2n) is 5.23. The molecule has 3 N–H and O–H groups in total. The molecule has 3 nitrogen and oxygen atoms in total. The zero-order valence-electron chi connectivity index (χ0n) is 11.8. The van der Waals surface area contributed by atoms with E-state index in [1.807, 2.05) is 24.3 Å². The van der Waals surface area contributed by atoms with Crippen molar-refractivity contribution in [3.63, 3.8) is 0 Å². The van der Waals surface area contributed by atoms with E-state index >= 15 is 0 Å². The molecule has 0 aliphatic heterocycles. The summed E-state index contributed by atoms with van der Waals surface area (Å²) in [6, 6.07) is 7.64. The maximum Gasteiger partial charge on any atom is 0.227 e. The minimum atomic E-state index is 0.133. The molecule has 0 spiro atoms. The molecule has 1 amide bonds. The smallest absolute Gasteiger partial charge is 0.227 e. The lowest BCUT2D eigenvalue weighted by Crippen LogP contribution is -2.22. The number of hydrogen-bond donors (Lipinski definition) is 2. The lowest BCUT2D eigenvalue weighted by molar-refractivity contribution is -0.120. The number of carbonyl (C=O) groups is 1. The predicted octanol–water partition coefficient (Wildman–Crippen LogP) is 2.91. The lowest BCUT2D eigenvalue weighted by Gasteiger charge is -2.15. The van der Waals surface area contributed by atoms with Gasteiger partial charge in [0.15, 0.2) is 0 Å². The second-order valence-corrected chi connectivity index (χ2v) is 5.23. The second kappa shape index (κ2) is 7.72. The molecule has 0 unspecified atom stereocenters. The molecule has 1 aliphatic rings. The van der Waals surface area contributed by atoms with E-state index in [2.05, 4.69) is 17.2 Å². The van der Waals surface area contributed by atoms with Gasteiger partial charge in [0, 0.05) is 11.5 Å². The van der Waals surface area contributed by atoms with Crippen LogP contribution < -0.4 is 11.1 Å². The van der Waals surface area contributed by atoms with Gasteiger partial charge in [-0.1, -0.05) is 49.7 Å². The van der Waals surface area contributed by atoms with Gasteiger partial charge in [-0.15, -0.1) is 0 Å². The summed E-state index contributed by atoms with van der Waals surface area (Å²) in [4.78, 5) is 12.4. The van der Waals surface area contributed by atoms with Gasteiger partial charge in [-0.2, -0.15) is 0 Å². The Labute approximate surface area is 120 Å². The number of para-hydroxylation sites is 1. The molecular weight excluding hydrogens is 248 g/mol. The number of hydrogen-bond acceptors (Lipinski definition) is 2. The van der Waals surface area contributed by atoms with Gasteiger partial charge in [-0.3, -0.25) is 4.79 Å². The fraction of sp³-hybridized carbons (Fsp3) is 0.471. The molecule has 0 heterocycles. The van der Waals surface area contributed by atoms with Crippen molar-refractivity contribution in [1.29, 1.82) is 0 Å². The summed E-state index contributed by atoms with van der Waals surface area (Å²) in [6.45, 7) is 0.324. The largest absolute Gasteiger partial charge is 0.325 e. The van der Waals surface area contributed by atoms with Gasteiger partial charge in [0.25, 0.3) is 0 Å². The molecule has 0 bridgehead atoms. The first-order chi connectivity index (χ1) is 9.81. The van der Waals surface area contributed by atoms with Crippen LogP contribution in [0.3, 0.4) is 0 Å². The van der Waals surface area contributed by atoms with Gasteiger partial charge in [0.1, 0.15) is 0 Å². The first-order valence-corrected chi connectivity index (χ1v) is 7.40. The Bertz CT molecular complexity index is 505. The van der Waals surface area contributed by atoms with E-state index < -0.39 is 0 Å². The summed E-state index contributed by atoms with van der Waals surface area (Å²) >= 11 is 0. The monoisotopic (exact) mass is 270 g/mol. The molecular formula is C17H22N2O. The normalized spacial score (nSPS) is 15.8. The highest BCUT2D eigenvalue weighted by molar-refractivity contribution is 5.93. The molecule has 1 aliphatic carbocycles. The van der Waals surface area contributed by atoms with Gasteiger partial charge < -0.3 is 11.1 Å². The first-order valence-electron chi connectivity index (χ1n) is 7.40. The van der Waals surface area contributed by atoms with Crippen molar-refractivity contribution < 1.29 is 4.79 Å². The van der Waals surface area contributed by atoms with E-state index in [-0.39, 0.29) is 11.8 Å². The number of rotatable bonds is 2. The average Bonchev–Trinajstić information content (AvgIpc) is 2.75. The predicted molar refractivity (Wildman–Crippen MR) is 82.2 cm³/mol. The molecule has 0 aromatic heterocycles. The molecule has 0 saturated heterocycles. The topological polar surface area (TPSA) is 55.1 Å². The van der Waals surface area contributed by atoms with Crippen LogP contribution in [0.5, 0.6) is 0 Å². The third-order valence-electron chi connectivity index (χ3n) is 3.74. The molecule has 1 saturated carbocycles. The van der Waals surface area contributed by atoms with Crippen LogP contribution in [-0.2, 0) is 4.79 Å². The summed E-state index contributed by atoms with van der Waals surface area (Å²) in [5.41, 5.74) is 7.03. The van der Waals surface area contributed by atoms with Gasteiger partial charge in [-0.25, -0.2) is 0 Å². The molecule has 106 valence electrons. The summed E-state index contributed by atoms with van der Waals surface area (Å²) in [5, 5.41) is 3.03. The van der Waals surface area contributed by atoms with Crippen LogP contribution in [0.1, 0.15) is 44.1 Å². The summed E-state index contributed by atoms with van der Waals surface area (Å²) < 4.78 is 0. The van der Waals surface area contributed by atoms with E-state index in [1.165, 1.54) is 12.8 Å². The molecule has 1 fully saturated rings. The number of nitrogens with two attached hydrogens (primary N) is 1. The maximum atomic E-state index is 12.4. The van der Waals surface area contributed by atoms with Crippen LogP contribution in [-0.4, -0.2) is 12.5 Å². The first kappa shape index (κ1) is 14.6. The van der Waals surface area contributed by atoms with Crippen molar-refractivity contribution in [2.24, 2.45) is 11.7 Å². The Hall–Kier alpha value is -1.79. The van der Waals surface area contributed by atoms with E-state index in [0.29, 0.717) is 6.54 Å². The average molecular weight is 270 g/mol. The van der Waals surface area contributed by atoms with Crippen molar-refractivity contribution in [3.8, 4) is 11.8 Å². The molecule has 1 aromatic rings. The maximum absolute atomic E-state index is 12.4. The quantitative estimate of drug-likeness (QED) is 0.641. The van der Waals surface area contributed by atoms with Crippen molar-refractivity contribution in [2.45, 2.75) is 38.5 Å². The molecule has 1 aromatic carbocycles. The highest BCUT2D eigenvalue weighted by atomic mass is 16.1. The summed E-state index contributed by atoms with van der Waals surface area (Å²) in [7, 11) is 0. The van der Waals surface area contributed by atoms with E-state index in [9.17, 15) is 4.79 Å². The molecule has 20 heavy (non-hydrogen) atoms. The number of amides is 1. The Kier molecular flexibility index (Phi) is 5.64. The van der Waals surface area contributed by atoms with Crippen LogP contribution in [0.4, 0.5) is 5.69 Å². The van der Waals surface area contributed by atoms with Crippen LogP contribution in [0, 0.1) is 17.8 Å². The van der Waals surface area contributed by atoms with Gasteiger partial charge in [-0.05, 0) is 25.0 Å². The summed E-state index contributed by atoms with van der Waals surface area (Å²) in [5.74, 6) is 6.12. The third-order valence-corrected chi connectivity index (χ3v) is 3.74. The SMILES string of the molecule is NCC#Cc1ccccc1NC(=O)C1CCCCCC1. The van der Waals surface area contributed by atoms with Crippen LogP contribution in [0.2, 0.25) is 0 Å². The highest BCUT2D eigenvalue weighted by Crippen LogP contribution is 2.24. The Morgan fingerprint density at radius 3 is 2.60 bits per heavy atom. The minimum absolute atomic E-state index is 0.133. The van der Waals surface area contributed by atoms with Crippen LogP contribution in [0.25, 0.3) is 0 Å². The molecule has 0 radical (unpaired) electrons. The van der Waals surface area contributed by atoms with Crippen LogP contribution >= 0.6 is 0 Å². The van der Waals surface area contributed by atoms with Crippen molar-refractivity contribution in [2.75, 3.05) is 11.9 Å². The standard InChI is InChI=1S/C17H22N2O/c18-13-7-11-14-8-5-6-12-16(14)19-17(20)15-9-3-1-2-4-10-15/h5-6,8,12,15H,1-4,9-10,13,18H2,(H,19,20). The third kappa shape index (κ3) is 4.11. The van der Waals surface area contributed by atoms with Crippen LogP contribution in [0.15, 0.2) is 24.3 Å². The number of carbonyl (C=O) groups excluding carboxylic acids is 1. The minimum Gasteiger partial charge on any atom is -0.325 e. The molecule has 3 heteroatoms.